The Bertz CT molecular complexity index is 335. The molecule has 0 heterocycles. The van der Waals surface area contributed by atoms with E-state index >= 15 is 0 Å². The lowest BCUT2D eigenvalue weighted by Crippen LogP contribution is -2.46. The Morgan fingerprint density at radius 1 is 1.19 bits per heavy atom. The summed E-state index contributed by atoms with van der Waals surface area (Å²) in [4.78, 5) is 10.2. The second-order valence-electron chi connectivity index (χ2n) is 3.78. The van der Waals surface area contributed by atoms with Crippen molar-refractivity contribution < 1.29 is 15.1 Å². The SMILES string of the molecule is O=[N+]([O-])C(CO)(CO)CCc1ccccc1. The van der Waals surface area contributed by atoms with E-state index in [1.807, 2.05) is 30.3 Å². The molecule has 0 aliphatic heterocycles. The van der Waals surface area contributed by atoms with E-state index < -0.39 is 23.7 Å². The molecule has 0 fully saturated rings. The van der Waals surface area contributed by atoms with Crippen LogP contribution in [0.1, 0.15) is 12.0 Å². The Morgan fingerprint density at radius 2 is 1.75 bits per heavy atom. The molecule has 0 saturated carbocycles. The zero-order valence-corrected chi connectivity index (χ0v) is 8.87. The van der Waals surface area contributed by atoms with Gasteiger partial charge in [-0.05, 0) is 12.0 Å². The van der Waals surface area contributed by atoms with Crippen LogP contribution in [-0.4, -0.2) is 33.9 Å². The van der Waals surface area contributed by atoms with Crippen molar-refractivity contribution in [3.63, 3.8) is 0 Å². The fourth-order valence-corrected chi connectivity index (χ4v) is 1.44. The smallest absolute Gasteiger partial charge is 0.267 e. The summed E-state index contributed by atoms with van der Waals surface area (Å²) in [7, 11) is 0. The van der Waals surface area contributed by atoms with Gasteiger partial charge in [0.05, 0.1) is 0 Å². The van der Waals surface area contributed by atoms with Crippen LogP contribution < -0.4 is 0 Å². The first-order valence-corrected chi connectivity index (χ1v) is 5.05. The maximum atomic E-state index is 10.8. The zero-order chi connectivity index (χ0) is 12.0. The molecule has 5 nitrogen and oxygen atoms in total. The molecule has 1 aromatic carbocycles. The Hall–Kier alpha value is -1.46. The van der Waals surface area contributed by atoms with E-state index in [2.05, 4.69) is 0 Å². The summed E-state index contributed by atoms with van der Waals surface area (Å²) in [6.07, 6.45) is 0.583. The molecule has 0 aliphatic carbocycles. The van der Waals surface area contributed by atoms with Crippen molar-refractivity contribution >= 4 is 0 Å². The Kier molecular flexibility index (Phi) is 4.39. The predicted molar refractivity (Wildman–Crippen MR) is 58.7 cm³/mol. The maximum absolute atomic E-state index is 10.8. The van der Waals surface area contributed by atoms with E-state index in [1.54, 1.807) is 0 Å². The number of hydrogen-bond acceptors (Lipinski definition) is 4. The molecular weight excluding hydrogens is 210 g/mol. The van der Waals surface area contributed by atoms with Gasteiger partial charge in [-0.3, -0.25) is 10.1 Å². The Labute approximate surface area is 93.5 Å². The van der Waals surface area contributed by atoms with Gasteiger partial charge in [0.1, 0.15) is 13.2 Å². The summed E-state index contributed by atoms with van der Waals surface area (Å²) in [6, 6.07) is 9.28. The molecular formula is C11H15NO4. The highest BCUT2D eigenvalue weighted by Crippen LogP contribution is 2.17. The second-order valence-corrected chi connectivity index (χ2v) is 3.78. The standard InChI is InChI=1S/C11H15NO4/c13-8-11(9-14,12(15)16)7-6-10-4-2-1-3-5-10/h1-5,13-14H,6-9H2. The van der Waals surface area contributed by atoms with Crippen molar-refractivity contribution in [2.45, 2.75) is 18.4 Å². The lowest BCUT2D eigenvalue weighted by molar-refractivity contribution is -0.578. The fourth-order valence-electron chi connectivity index (χ4n) is 1.44. The van der Waals surface area contributed by atoms with Crippen molar-refractivity contribution in [3.8, 4) is 0 Å². The molecule has 0 aliphatic rings. The Morgan fingerprint density at radius 3 is 2.19 bits per heavy atom. The molecule has 0 amide bonds. The maximum Gasteiger partial charge on any atom is 0.267 e. The van der Waals surface area contributed by atoms with Crippen LogP contribution in [-0.2, 0) is 6.42 Å². The van der Waals surface area contributed by atoms with Crippen molar-refractivity contribution in [1.82, 2.24) is 0 Å². The lowest BCUT2D eigenvalue weighted by Gasteiger charge is -2.20. The minimum atomic E-state index is -1.63. The highest BCUT2D eigenvalue weighted by Gasteiger charge is 2.41. The van der Waals surface area contributed by atoms with Crippen LogP contribution >= 0.6 is 0 Å². The largest absolute Gasteiger partial charge is 0.389 e. The highest BCUT2D eigenvalue weighted by molar-refractivity contribution is 5.15. The number of benzene rings is 1. The number of hydrogen-bond donors (Lipinski definition) is 2. The van der Waals surface area contributed by atoms with Crippen LogP contribution in [0.3, 0.4) is 0 Å². The number of aliphatic hydroxyl groups is 2. The van der Waals surface area contributed by atoms with Gasteiger partial charge in [-0.2, -0.15) is 0 Å². The third kappa shape index (κ3) is 2.77. The van der Waals surface area contributed by atoms with Gasteiger partial charge in [0.2, 0.25) is 0 Å². The molecule has 88 valence electrons. The average Bonchev–Trinajstić information content (AvgIpc) is 2.32. The summed E-state index contributed by atoms with van der Waals surface area (Å²) < 4.78 is 0. The molecule has 0 bridgehead atoms. The number of nitrogens with zero attached hydrogens (tertiary/aromatic N) is 1. The monoisotopic (exact) mass is 225 g/mol. The van der Waals surface area contributed by atoms with Crippen LogP contribution in [0.2, 0.25) is 0 Å². The van der Waals surface area contributed by atoms with Gasteiger partial charge in [0.25, 0.3) is 5.54 Å². The molecule has 16 heavy (non-hydrogen) atoms. The van der Waals surface area contributed by atoms with E-state index in [-0.39, 0.29) is 6.42 Å². The molecule has 0 aromatic heterocycles. The summed E-state index contributed by atoms with van der Waals surface area (Å²) in [5.74, 6) is 0. The third-order valence-corrected chi connectivity index (χ3v) is 2.70. The molecule has 0 saturated heterocycles. The summed E-state index contributed by atoms with van der Waals surface area (Å²) in [5.41, 5.74) is -0.675. The van der Waals surface area contributed by atoms with Crippen LogP contribution in [0.25, 0.3) is 0 Å². The van der Waals surface area contributed by atoms with Gasteiger partial charge in [0.15, 0.2) is 0 Å². The molecule has 0 radical (unpaired) electrons. The van der Waals surface area contributed by atoms with Gasteiger partial charge >= 0.3 is 0 Å². The van der Waals surface area contributed by atoms with Crippen molar-refractivity contribution in [2.24, 2.45) is 0 Å². The van der Waals surface area contributed by atoms with E-state index in [0.29, 0.717) is 6.42 Å². The topological polar surface area (TPSA) is 83.6 Å². The third-order valence-electron chi connectivity index (χ3n) is 2.70. The highest BCUT2D eigenvalue weighted by atomic mass is 16.6. The average molecular weight is 225 g/mol. The van der Waals surface area contributed by atoms with Crippen molar-refractivity contribution in [3.05, 3.63) is 46.0 Å². The van der Waals surface area contributed by atoms with E-state index in [4.69, 9.17) is 10.2 Å². The molecule has 0 spiro atoms. The van der Waals surface area contributed by atoms with Crippen LogP contribution in [0.15, 0.2) is 30.3 Å². The van der Waals surface area contributed by atoms with Gasteiger partial charge < -0.3 is 10.2 Å². The fraction of sp³-hybridized carbons (Fsp3) is 0.455. The predicted octanol–water partition coefficient (Wildman–Crippen LogP) is 0.619. The first-order chi connectivity index (χ1) is 7.64. The van der Waals surface area contributed by atoms with Gasteiger partial charge in [-0.25, -0.2) is 0 Å². The van der Waals surface area contributed by atoms with Gasteiger partial charge in [0, 0.05) is 11.3 Å². The molecule has 1 aromatic rings. The lowest BCUT2D eigenvalue weighted by atomic mass is 9.93. The number of nitro groups is 1. The summed E-state index contributed by atoms with van der Waals surface area (Å²) >= 11 is 0. The molecule has 0 atom stereocenters. The summed E-state index contributed by atoms with van der Waals surface area (Å²) in [6.45, 7) is -1.30. The first kappa shape index (κ1) is 12.6. The minimum Gasteiger partial charge on any atom is -0.389 e. The van der Waals surface area contributed by atoms with Crippen molar-refractivity contribution in [2.75, 3.05) is 13.2 Å². The van der Waals surface area contributed by atoms with Crippen molar-refractivity contribution in [1.29, 1.82) is 0 Å². The molecule has 5 heteroatoms. The minimum absolute atomic E-state index is 0.122. The van der Waals surface area contributed by atoms with Gasteiger partial charge in [-0.15, -0.1) is 0 Å². The Balaban J connectivity index is 2.67. The van der Waals surface area contributed by atoms with Gasteiger partial charge in [-0.1, -0.05) is 30.3 Å². The summed E-state index contributed by atoms with van der Waals surface area (Å²) in [5, 5.41) is 28.8. The van der Waals surface area contributed by atoms with E-state index in [1.165, 1.54) is 0 Å². The normalized spacial score (nSPS) is 11.4. The first-order valence-electron chi connectivity index (χ1n) is 5.05. The second kappa shape index (κ2) is 5.58. The molecule has 1 rings (SSSR count). The zero-order valence-electron chi connectivity index (χ0n) is 8.87. The number of aliphatic hydroxyl groups excluding tert-OH is 2. The molecule has 2 N–H and O–H groups in total. The molecule has 0 unspecified atom stereocenters. The number of aryl methyl sites for hydroxylation is 1. The van der Waals surface area contributed by atoms with Crippen LogP contribution in [0.4, 0.5) is 0 Å². The van der Waals surface area contributed by atoms with Crippen LogP contribution in [0, 0.1) is 10.1 Å². The quantitative estimate of drug-likeness (QED) is 0.549. The van der Waals surface area contributed by atoms with Crippen LogP contribution in [0.5, 0.6) is 0 Å². The number of rotatable bonds is 6. The van der Waals surface area contributed by atoms with E-state index in [0.717, 1.165) is 5.56 Å². The van der Waals surface area contributed by atoms with E-state index in [9.17, 15) is 10.1 Å².